The summed E-state index contributed by atoms with van der Waals surface area (Å²) in [4.78, 5) is 0. The molecule has 0 saturated carbocycles. The van der Waals surface area contributed by atoms with Crippen LogP contribution < -0.4 is 5.32 Å². The fraction of sp³-hybridized carbons (Fsp3) is 0.769. The summed E-state index contributed by atoms with van der Waals surface area (Å²) >= 11 is 0. The van der Waals surface area contributed by atoms with Gasteiger partial charge in [0.05, 0.1) is 5.69 Å². The minimum atomic E-state index is 0.884. The Morgan fingerprint density at radius 3 is 2.50 bits per heavy atom. The molecule has 0 unspecified atom stereocenters. The molecular formula is C13H24N2O. The summed E-state index contributed by atoms with van der Waals surface area (Å²) < 4.78 is 5.12. The van der Waals surface area contributed by atoms with Crippen LogP contribution in [0.2, 0.25) is 0 Å². The second-order valence-corrected chi connectivity index (χ2v) is 4.39. The fourth-order valence-corrected chi connectivity index (χ4v) is 1.82. The highest BCUT2D eigenvalue weighted by Gasteiger charge is 2.07. The molecule has 1 aromatic heterocycles. The first kappa shape index (κ1) is 13.2. The third-order valence-electron chi connectivity index (χ3n) is 2.94. The van der Waals surface area contributed by atoms with Crippen LogP contribution in [0.4, 0.5) is 0 Å². The Balaban J connectivity index is 2.07. The van der Waals surface area contributed by atoms with Crippen molar-refractivity contribution >= 4 is 0 Å². The fourth-order valence-electron chi connectivity index (χ4n) is 1.82. The maximum absolute atomic E-state index is 5.12. The van der Waals surface area contributed by atoms with E-state index >= 15 is 0 Å². The minimum absolute atomic E-state index is 0.884. The molecule has 1 heterocycles. The topological polar surface area (TPSA) is 38.1 Å². The first-order valence-corrected chi connectivity index (χ1v) is 6.38. The van der Waals surface area contributed by atoms with Crippen molar-refractivity contribution in [1.29, 1.82) is 0 Å². The van der Waals surface area contributed by atoms with Gasteiger partial charge in [-0.3, -0.25) is 0 Å². The molecule has 1 aromatic rings. The number of hydrogen-bond acceptors (Lipinski definition) is 3. The van der Waals surface area contributed by atoms with Crippen LogP contribution in [0, 0.1) is 13.8 Å². The van der Waals surface area contributed by atoms with Gasteiger partial charge in [-0.25, -0.2) is 0 Å². The molecule has 0 aliphatic heterocycles. The summed E-state index contributed by atoms with van der Waals surface area (Å²) in [6, 6.07) is 0. The van der Waals surface area contributed by atoms with Crippen molar-refractivity contribution in [2.24, 2.45) is 0 Å². The van der Waals surface area contributed by atoms with Gasteiger partial charge in [-0.05, 0) is 26.8 Å². The molecule has 0 radical (unpaired) electrons. The summed E-state index contributed by atoms with van der Waals surface area (Å²) in [5.74, 6) is 0.941. The number of hydrogen-bond donors (Lipinski definition) is 1. The molecule has 0 atom stereocenters. The molecule has 16 heavy (non-hydrogen) atoms. The minimum Gasteiger partial charge on any atom is -0.361 e. The van der Waals surface area contributed by atoms with Crippen LogP contribution in [0.1, 0.15) is 56.0 Å². The highest BCUT2D eigenvalue weighted by Crippen LogP contribution is 2.11. The molecule has 3 nitrogen and oxygen atoms in total. The van der Waals surface area contributed by atoms with Crippen LogP contribution in [-0.4, -0.2) is 11.7 Å². The van der Waals surface area contributed by atoms with Crippen LogP contribution >= 0.6 is 0 Å². The number of nitrogens with one attached hydrogen (secondary N) is 1. The van der Waals surface area contributed by atoms with Gasteiger partial charge in [0.25, 0.3) is 0 Å². The van der Waals surface area contributed by atoms with Gasteiger partial charge in [-0.1, -0.05) is 37.8 Å². The van der Waals surface area contributed by atoms with Gasteiger partial charge in [0.2, 0.25) is 0 Å². The lowest BCUT2D eigenvalue weighted by Crippen LogP contribution is -2.15. The SMILES string of the molecule is CCCCCCCNCc1c(C)noc1C. The van der Waals surface area contributed by atoms with Gasteiger partial charge in [0.1, 0.15) is 5.76 Å². The highest BCUT2D eigenvalue weighted by atomic mass is 16.5. The maximum atomic E-state index is 5.12. The number of rotatable bonds is 8. The van der Waals surface area contributed by atoms with Gasteiger partial charge in [-0.2, -0.15) is 0 Å². The maximum Gasteiger partial charge on any atom is 0.138 e. The predicted octanol–water partition coefficient (Wildman–Crippen LogP) is 3.35. The summed E-state index contributed by atoms with van der Waals surface area (Å²) in [6.07, 6.45) is 6.64. The van der Waals surface area contributed by atoms with Crippen LogP contribution in [0.15, 0.2) is 4.52 Å². The Morgan fingerprint density at radius 1 is 1.12 bits per heavy atom. The Morgan fingerprint density at radius 2 is 1.88 bits per heavy atom. The van der Waals surface area contributed by atoms with Crippen LogP contribution in [0.25, 0.3) is 0 Å². The first-order valence-electron chi connectivity index (χ1n) is 6.38. The molecular weight excluding hydrogens is 200 g/mol. The molecule has 0 amide bonds. The zero-order chi connectivity index (χ0) is 11.8. The van der Waals surface area contributed by atoms with Gasteiger partial charge < -0.3 is 9.84 Å². The van der Waals surface area contributed by atoms with E-state index in [0.717, 1.165) is 24.5 Å². The van der Waals surface area contributed by atoms with E-state index in [0.29, 0.717) is 0 Å². The van der Waals surface area contributed by atoms with Gasteiger partial charge >= 0.3 is 0 Å². The number of aryl methyl sites for hydroxylation is 2. The van der Waals surface area contributed by atoms with E-state index in [2.05, 4.69) is 17.4 Å². The Hall–Kier alpha value is -0.830. The largest absolute Gasteiger partial charge is 0.361 e. The van der Waals surface area contributed by atoms with Crippen molar-refractivity contribution in [2.75, 3.05) is 6.54 Å². The van der Waals surface area contributed by atoms with E-state index in [9.17, 15) is 0 Å². The zero-order valence-corrected chi connectivity index (χ0v) is 10.8. The van der Waals surface area contributed by atoms with Crippen molar-refractivity contribution in [3.05, 3.63) is 17.0 Å². The molecule has 3 heteroatoms. The molecule has 0 aliphatic carbocycles. The van der Waals surface area contributed by atoms with Crippen molar-refractivity contribution < 1.29 is 4.52 Å². The van der Waals surface area contributed by atoms with Crippen LogP contribution in [-0.2, 0) is 6.54 Å². The third kappa shape index (κ3) is 4.35. The lowest BCUT2D eigenvalue weighted by Gasteiger charge is -2.04. The Labute approximate surface area is 98.6 Å². The second kappa shape index (κ2) is 7.44. The monoisotopic (exact) mass is 224 g/mol. The van der Waals surface area contributed by atoms with Crippen molar-refractivity contribution in [2.45, 2.75) is 59.4 Å². The Kier molecular flexibility index (Phi) is 6.16. The molecule has 0 spiro atoms. The smallest absolute Gasteiger partial charge is 0.138 e. The third-order valence-corrected chi connectivity index (χ3v) is 2.94. The van der Waals surface area contributed by atoms with Crippen LogP contribution in [0.3, 0.4) is 0 Å². The van der Waals surface area contributed by atoms with Crippen molar-refractivity contribution in [1.82, 2.24) is 10.5 Å². The number of aromatic nitrogens is 1. The van der Waals surface area contributed by atoms with E-state index in [-0.39, 0.29) is 0 Å². The summed E-state index contributed by atoms with van der Waals surface area (Å²) in [5.41, 5.74) is 2.23. The summed E-state index contributed by atoms with van der Waals surface area (Å²) in [7, 11) is 0. The summed E-state index contributed by atoms with van der Waals surface area (Å²) in [5, 5.41) is 7.39. The van der Waals surface area contributed by atoms with Crippen LogP contribution in [0.5, 0.6) is 0 Å². The molecule has 1 N–H and O–H groups in total. The quantitative estimate of drug-likeness (QED) is 0.688. The second-order valence-electron chi connectivity index (χ2n) is 4.39. The van der Waals surface area contributed by atoms with E-state index in [1.54, 1.807) is 0 Å². The average Bonchev–Trinajstić information content (AvgIpc) is 2.59. The molecule has 0 fully saturated rings. The molecule has 92 valence electrons. The molecule has 1 rings (SSSR count). The van der Waals surface area contributed by atoms with Crippen molar-refractivity contribution in [3.63, 3.8) is 0 Å². The number of nitrogens with zero attached hydrogens (tertiary/aromatic N) is 1. The lowest BCUT2D eigenvalue weighted by molar-refractivity contribution is 0.392. The van der Waals surface area contributed by atoms with E-state index in [4.69, 9.17) is 4.52 Å². The Bertz CT molecular complexity index is 275. The summed E-state index contributed by atoms with van der Waals surface area (Å²) in [6.45, 7) is 8.19. The molecule has 0 aliphatic rings. The van der Waals surface area contributed by atoms with Gasteiger partial charge in [-0.15, -0.1) is 0 Å². The zero-order valence-electron chi connectivity index (χ0n) is 10.8. The van der Waals surface area contributed by atoms with Crippen molar-refractivity contribution in [3.8, 4) is 0 Å². The predicted molar refractivity (Wildman–Crippen MR) is 66.4 cm³/mol. The lowest BCUT2D eigenvalue weighted by atomic mass is 10.1. The van der Waals surface area contributed by atoms with E-state index in [1.807, 2.05) is 13.8 Å². The van der Waals surface area contributed by atoms with E-state index in [1.165, 1.54) is 37.7 Å². The first-order chi connectivity index (χ1) is 7.75. The van der Waals surface area contributed by atoms with Gasteiger partial charge in [0, 0.05) is 12.1 Å². The van der Waals surface area contributed by atoms with E-state index < -0.39 is 0 Å². The standard InChI is InChI=1S/C13H24N2O/c1-4-5-6-7-8-9-14-10-13-11(2)15-16-12(13)3/h14H,4-10H2,1-3H3. The molecule has 0 saturated heterocycles. The number of unbranched alkanes of at least 4 members (excludes halogenated alkanes) is 4. The average molecular weight is 224 g/mol. The molecule has 0 bridgehead atoms. The normalized spacial score (nSPS) is 10.9. The highest BCUT2D eigenvalue weighted by molar-refractivity contribution is 5.20. The molecule has 0 aromatic carbocycles. The van der Waals surface area contributed by atoms with Gasteiger partial charge in [0.15, 0.2) is 0 Å².